The zero-order chi connectivity index (χ0) is 12.4. The van der Waals surface area contributed by atoms with Crippen LogP contribution in [0.15, 0.2) is 10.7 Å². The lowest BCUT2D eigenvalue weighted by Crippen LogP contribution is -2.35. The number of aromatic nitrogens is 2. The molecule has 17 heavy (non-hydrogen) atoms. The van der Waals surface area contributed by atoms with Crippen LogP contribution in [0.4, 0.5) is 5.95 Å². The molecular weight excluding hydrogens is 286 g/mol. The van der Waals surface area contributed by atoms with Gasteiger partial charge in [0.1, 0.15) is 0 Å². The average molecular weight is 300 g/mol. The van der Waals surface area contributed by atoms with E-state index in [4.69, 9.17) is 5.11 Å². The summed E-state index contributed by atoms with van der Waals surface area (Å²) in [6, 6.07) is 0. The summed E-state index contributed by atoms with van der Waals surface area (Å²) in [4.78, 5) is 21.3. The van der Waals surface area contributed by atoms with E-state index in [1.807, 2.05) is 4.90 Å². The zero-order valence-corrected chi connectivity index (χ0v) is 11.1. The summed E-state index contributed by atoms with van der Waals surface area (Å²) in [6.45, 7) is 3.97. The highest BCUT2D eigenvalue weighted by molar-refractivity contribution is 9.10. The van der Waals surface area contributed by atoms with E-state index in [0.29, 0.717) is 16.3 Å². The molecule has 0 spiro atoms. The maximum absolute atomic E-state index is 11.0. The van der Waals surface area contributed by atoms with E-state index < -0.39 is 5.97 Å². The summed E-state index contributed by atoms with van der Waals surface area (Å²) in [7, 11) is 0. The van der Waals surface area contributed by atoms with Crippen LogP contribution in [0.3, 0.4) is 0 Å². The number of carboxylic acids is 1. The van der Waals surface area contributed by atoms with E-state index in [1.165, 1.54) is 12.6 Å². The average Bonchev–Trinajstić information content (AvgIpc) is 2.29. The molecule has 0 aliphatic carbocycles. The first-order valence-electron chi connectivity index (χ1n) is 5.58. The molecule has 1 aliphatic rings. The van der Waals surface area contributed by atoms with Crippen molar-refractivity contribution in [1.82, 2.24) is 9.97 Å². The molecule has 6 heteroatoms. The predicted molar refractivity (Wildman–Crippen MR) is 67.3 cm³/mol. The summed E-state index contributed by atoms with van der Waals surface area (Å²) >= 11 is 3.14. The van der Waals surface area contributed by atoms with Crippen LogP contribution in [0.1, 0.15) is 30.3 Å². The number of hydrogen-bond donors (Lipinski definition) is 1. The summed E-state index contributed by atoms with van der Waals surface area (Å²) < 4.78 is 0.416. The van der Waals surface area contributed by atoms with Crippen LogP contribution in [-0.2, 0) is 0 Å². The van der Waals surface area contributed by atoms with Gasteiger partial charge in [0.05, 0.1) is 4.47 Å². The maximum atomic E-state index is 11.0. The van der Waals surface area contributed by atoms with Gasteiger partial charge in [-0.3, -0.25) is 0 Å². The highest BCUT2D eigenvalue weighted by Gasteiger charge is 2.20. The number of rotatable bonds is 2. The predicted octanol–water partition coefficient (Wildman–Crippen LogP) is 2.17. The number of aromatic carboxylic acids is 1. The topological polar surface area (TPSA) is 66.3 Å². The lowest BCUT2D eigenvalue weighted by Gasteiger charge is -2.30. The van der Waals surface area contributed by atoms with Gasteiger partial charge in [-0.1, -0.05) is 6.92 Å². The van der Waals surface area contributed by atoms with Gasteiger partial charge in [0, 0.05) is 19.3 Å². The summed E-state index contributed by atoms with van der Waals surface area (Å²) in [5.41, 5.74) is 0.0215. The van der Waals surface area contributed by atoms with Gasteiger partial charge in [-0.05, 0) is 34.7 Å². The van der Waals surface area contributed by atoms with Crippen LogP contribution in [0.5, 0.6) is 0 Å². The molecule has 1 atom stereocenters. The maximum Gasteiger partial charge on any atom is 0.355 e. The van der Waals surface area contributed by atoms with Crippen molar-refractivity contribution >= 4 is 27.8 Å². The smallest absolute Gasteiger partial charge is 0.355 e. The normalized spacial score (nSPS) is 20.4. The lowest BCUT2D eigenvalue weighted by atomic mass is 10.0. The van der Waals surface area contributed by atoms with Crippen molar-refractivity contribution in [2.24, 2.45) is 5.92 Å². The molecule has 2 rings (SSSR count). The molecule has 1 saturated heterocycles. The van der Waals surface area contributed by atoms with Crippen molar-refractivity contribution in [3.8, 4) is 0 Å². The highest BCUT2D eigenvalue weighted by atomic mass is 79.9. The number of carbonyl (C=O) groups is 1. The fourth-order valence-corrected chi connectivity index (χ4v) is 2.39. The Balaban J connectivity index is 2.26. The van der Waals surface area contributed by atoms with Gasteiger partial charge in [-0.2, -0.15) is 0 Å². The molecule has 0 bridgehead atoms. The third-order valence-electron chi connectivity index (χ3n) is 2.87. The van der Waals surface area contributed by atoms with Crippen LogP contribution >= 0.6 is 15.9 Å². The standard InChI is InChI=1S/C11H14BrN3O2/c1-7-3-2-4-15(6-7)11-13-5-8(12)9(14-11)10(16)17/h5,7H,2-4,6H2,1H3,(H,16,17). The Bertz CT molecular complexity index is 439. The van der Waals surface area contributed by atoms with Gasteiger partial charge in [0.25, 0.3) is 0 Å². The Morgan fingerprint density at radius 2 is 2.41 bits per heavy atom. The Morgan fingerprint density at radius 3 is 3.06 bits per heavy atom. The van der Waals surface area contributed by atoms with Crippen LogP contribution in [-0.4, -0.2) is 34.1 Å². The molecule has 5 nitrogen and oxygen atoms in total. The Labute approximate surface area is 108 Å². The van der Waals surface area contributed by atoms with E-state index in [-0.39, 0.29) is 5.69 Å². The van der Waals surface area contributed by atoms with Crippen molar-refractivity contribution in [2.45, 2.75) is 19.8 Å². The highest BCUT2D eigenvalue weighted by Crippen LogP contribution is 2.22. The Morgan fingerprint density at radius 1 is 1.65 bits per heavy atom. The lowest BCUT2D eigenvalue weighted by molar-refractivity contribution is 0.0689. The number of nitrogens with zero attached hydrogens (tertiary/aromatic N) is 3. The molecule has 0 aromatic carbocycles. The first-order valence-corrected chi connectivity index (χ1v) is 6.38. The first kappa shape index (κ1) is 12.3. The van der Waals surface area contributed by atoms with Crippen LogP contribution in [0, 0.1) is 5.92 Å². The van der Waals surface area contributed by atoms with Crippen molar-refractivity contribution in [2.75, 3.05) is 18.0 Å². The number of piperidine rings is 1. The van der Waals surface area contributed by atoms with Gasteiger partial charge in [0.2, 0.25) is 5.95 Å². The van der Waals surface area contributed by atoms with Gasteiger partial charge < -0.3 is 10.0 Å². The monoisotopic (exact) mass is 299 g/mol. The zero-order valence-electron chi connectivity index (χ0n) is 9.56. The fourth-order valence-electron chi connectivity index (χ4n) is 2.03. The number of hydrogen-bond acceptors (Lipinski definition) is 4. The summed E-state index contributed by atoms with van der Waals surface area (Å²) in [6.07, 6.45) is 3.81. The van der Waals surface area contributed by atoms with Crippen molar-refractivity contribution < 1.29 is 9.90 Å². The number of carboxylic acid groups (broad SMARTS) is 1. The van der Waals surface area contributed by atoms with Crippen LogP contribution in [0.2, 0.25) is 0 Å². The van der Waals surface area contributed by atoms with Crippen molar-refractivity contribution in [3.63, 3.8) is 0 Å². The van der Waals surface area contributed by atoms with Gasteiger partial charge >= 0.3 is 5.97 Å². The third kappa shape index (κ3) is 2.74. The molecule has 1 aliphatic heterocycles. The molecule has 2 heterocycles. The molecule has 1 aromatic rings. The Kier molecular flexibility index (Phi) is 3.61. The SMILES string of the molecule is CC1CCCN(c2ncc(Br)c(C(=O)O)n2)C1. The minimum Gasteiger partial charge on any atom is -0.476 e. The third-order valence-corrected chi connectivity index (χ3v) is 3.45. The molecule has 0 saturated carbocycles. The van der Waals surface area contributed by atoms with Gasteiger partial charge in [0.15, 0.2) is 5.69 Å². The molecule has 0 amide bonds. The number of halogens is 1. The molecule has 1 aromatic heterocycles. The quantitative estimate of drug-likeness (QED) is 0.906. The van der Waals surface area contributed by atoms with E-state index in [9.17, 15) is 4.79 Å². The Hall–Kier alpha value is -1.17. The molecule has 0 radical (unpaired) electrons. The van der Waals surface area contributed by atoms with Crippen LogP contribution in [0.25, 0.3) is 0 Å². The largest absolute Gasteiger partial charge is 0.476 e. The van der Waals surface area contributed by atoms with Crippen molar-refractivity contribution in [1.29, 1.82) is 0 Å². The van der Waals surface area contributed by atoms with E-state index >= 15 is 0 Å². The minimum absolute atomic E-state index is 0.0215. The molecule has 1 N–H and O–H groups in total. The molecule has 1 unspecified atom stereocenters. The molecule has 1 fully saturated rings. The van der Waals surface area contributed by atoms with E-state index in [1.54, 1.807) is 0 Å². The molecule has 92 valence electrons. The second-order valence-electron chi connectivity index (χ2n) is 4.37. The van der Waals surface area contributed by atoms with E-state index in [2.05, 4.69) is 32.8 Å². The fraction of sp³-hybridized carbons (Fsp3) is 0.545. The minimum atomic E-state index is -1.04. The summed E-state index contributed by atoms with van der Waals surface area (Å²) in [5, 5.41) is 9.00. The second kappa shape index (κ2) is 5.00. The van der Waals surface area contributed by atoms with E-state index in [0.717, 1.165) is 19.5 Å². The second-order valence-corrected chi connectivity index (χ2v) is 5.22. The van der Waals surface area contributed by atoms with Gasteiger partial charge in [-0.15, -0.1) is 0 Å². The summed E-state index contributed by atoms with van der Waals surface area (Å²) in [5.74, 6) is 0.0759. The molecular formula is C11H14BrN3O2. The first-order chi connectivity index (χ1) is 8.08. The van der Waals surface area contributed by atoms with Crippen molar-refractivity contribution in [3.05, 3.63) is 16.4 Å². The van der Waals surface area contributed by atoms with Gasteiger partial charge in [-0.25, -0.2) is 14.8 Å². The van der Waals surface area contributed by atoms with Crippen LogP contribution < -0.4 is 4.90 Å². The number of anilines is 1.